The summed E-state index contributed by atoms with van der Waals surface area (Å²) >= 11 is 0. The van der Waals surface area contributed by atoms with Gasteiger partial charge in [-0.1, -0.05) is 78.1 Å². The molecule has 0 aliphatic heterocycles. The second-order valence-corrected chi connectivity index (χ2v) is 20.2. The first-order chi connectivity index (χ1) is 12.7. The third-order valence-corrected chi connectivity index (χ3v) is 17.1. The van der Waals surface area contributed by atoms with Crippen molar-refractivity contribution in [3.05, 3.63) is 0 Å². The van der Waals surface area contributed by atoms with Crippen molar-refractivity contribution in [3.8, 4) is 0 Å². The van der Waals surface area contributed by atoms with Crippen LogP contribution in [0, 0.1) is 0 Å². The van der Waals surface area contributed by atoms with Crippen LogP contribution in [0.2, 0.25) is 38.3 Å². The van der Waals surface area contributed by atoms with Crippen LogP contribution in [0.4, 0.5) is 0 Å². The van der Waals surface area contributed by atoms with E-state index in [2.05, 4.69) is 40.0 Å². The number of unbranched alkanes of at least 4 members (excludes halogenated alkanes) is 8. The third kappa shape index (κ3) is 13.4. The molecule has 0 aromatic rings. The molecule has 2 unspecified atom stereocenters. The lowest BCUT2D eigenvalue weighted by atomic mass is 10.2. The van der Waals surface area contributed by atoms with Crippen LogP contribution in [0.15, 0.2) is 0 Å². The summed E-state index contributed by atoms with van der Waals surface area (Å²) < 4.78 is 19.0. The van der Waals surface area contributed by atoms with Crippen LogP contribution in [0.25, 0.3) is 0 Å². The first-order valence-corrected chi connectivity index (χ1v) is 19.4. The molecule has 4 nitrogen and oxygen atoms in total. The zero-order valence-corrected chi connectivity index (χ0v) is 22.4. The Hall–Kier alpha value is 0.491. The molecule has 0 radical (unpaired) electrons. The zero-order chi connectivity index (χ0) is 20.8. The number of aliphatic hydroxyl groups is 1. The molecule has 0 aromatic carbocycles. The van der Waals surface area contributed by atoms with Crippen LogP contribution in [-0.4, -0.2) is 43.9 Å². The van der Waals surface area contributed by atoms with Gasteiger partial charge in [0.05, 0.1) is 6.23 Å². The third-order valence-electron chi connectivity index (χ3n) is 5.26. The Kier molecular flexibility index (Phi) is 14.7. The highest BCUT2D eigenvalue weighted by molar-refractivity contribution is 6.87. The molecule has 0 saturated carbocycles. The van der Waals surface area contributed by atoms with E-state index in [9.17, 15) is 5.11 Å². The average Bonchev–Trinajstić information content (AvgIpc) is 2.60. The van der Waals surface area contributed by atoms with Gasteiger partial charge < -0.3 is 17.8 Å². The van der Waals surface area contributed by atoms with Crippen molar-refractivity contribution < 1.29 is 17.8 Å². The maximum absolute atomic E-state index is 10.0. The summed E-state index contributed by atoms with van der Waals surface area (Å²) in [6.07, 6.45) is 12.7. The van der Waals surface area contributed by atoms with Crippen LogP contribution in [0.1, 0.15) is 78.1 Å². The molecule has 0 saturated heterocycles. The molecule has 0 bridgehead atoms. The lowest BCUT2D eigenvalue weighted by Gasteiger charge is -2.39. The Labute approximate surface area is 173 Å². The van der Waals surface area contributed by atoms with E-state index in [-0.39, 0.29) is 6.23 Å². The standard InChI is InChI=1S/C20H48O4Si3/c1-8-10-12-14-16-18-26(6,20-21)23-25(4,5)24-27(7,22-3)19-17-15-13-11-9-2/h21H,8-20H2,1-7H3. The van der Waals surface area contributed by atoms with Crippen molar-refractivity contribution in [3.63, 3.8) is 0 Å². The quantitative estimate of drug-likeness (QED) is 0.197. The fourth-order valence-electron chi connectivity index (χ4n) is 3.64. The van der Waals surface area contributed by atoms with Crippen LogP contribution >= 0.6 is 0 Å². The summed E-state index contributed by atoms with van der Waals surface area (Å²) in [4.78, 5) is 0. The van der Waals surface area contributed by atoms with E-state index in [1.54, 1.807) is 7.11 Å². The van der Waals surface area contributed by atoms with Gasteiger partial charge in [-0.05, 0) is 38.3 Å². The summed E-state index contributed by atoms with van der Waals surface area (Å²) in [6.45, 7) is 13.1. The first kappa shape index (κ1) is 27.5. The Morgan fingerprint density at radius 1 is 0.667 bits per heavy atom. The van der Waals surface area contributed by atoms with Crippen molar-refractivity contribution in [2.75, 3.05) is 13.3 Å². The molecule has 0 fully saturated rings. The van der Waals surface area contributed by atoms with E-state index >= 15 is 0 Å². The van der Waals surface area contributed by atoms with Gasteiger partial charge in [-0.3, -0.25) is 0 Å². The fraction of sp³-hybridized carbons (Fsp3) is 1.00. The minimum atomic E-state index is -2.33. The summed E-state index contributed by atoms with van der Waals surface area (Å²) in [5.41, 5.74) is 0. The molecule has 0 aliphatic carbocycles. The Bertz CT molecular complexity index is 339. The molecule has 0 aliphatic rings. The topological polar surface area (TPSA) is 47.9 Å². The molecule has 27 heavy (non-hydrogen) atoms. The molecule has 164 valence electrons. The van der Waals surface area contributed by atoms with E-state index in [0.29, 0.717) is 0 Å². The zero-order valence-electron chi connectivity index (χ0n) is 19.4. The van der Waals surface area contributed by atoms with Gasteiger partial charge >= 0.3 is 17.1 Å². The van der Waals surface area contributed by atoms with Crippen LogP contribution in [0.5, 0.6) is 0 Å². The molecule has 0 aromatic heterocycles. The Morgan fingerprint density at radius 2 is 1.15 bits per heavy atom. The normalized spacial score (nSPS) is 16.9. The predicted molar refractivity (Wildman–Crippen MR) is 124 cm³/mol. The molecule has 0 rings (SSSR count). The van der Waals surface area contributed by atoms with Gasteiger partial charge in [0.25, 0.3) is 0 Å². The first-order valence-electron chi connectivity index (χ1n) is 11.2. The minimum absolute atomic E-state index is 0.183. The summed E-state index contributed by atoms with van der Waals surface area (Å²) in [6, 6.07) is 2.05. The largest absolute Gasteiger partial charge is 0.434 e. The van der Waals surface area contributed by atoms with E-state index in [1.165, 1.54) is 57.8 Å². The number of aliphatic hydroxyl groups excluding tert-OH is 1. The second kappa shape index (κ2) is 14.5. The molecular formula is C20H48O4Si3. The van der Waals surface area contributed by atoms with Gasteiger partial charge in [-0.2, -0.15) is 0 Å². The molecule has 0 amide bonds. The van der Waals surface area contributed by atoms with Crippen molar-refractivity contribution in [1.29, 1.82) is 0 Å². The summed E-state index contributed by atoms with van der Waals surface area (Å²) in [5.74, 6) is 0. The smallest absolute Gasteiger partial charge is 0.325 e. The summed E-state index contributed by atoms with van der Waals surface area (Å²) in [5, 5.41) is 10.0. The minimum Gasteiger partial charge on any atom is -0.434 e. The van der Waals surface area contributed by atoms with Crippen molar-refractivity contribution in [2.45, 2.75) is 116 Å². The maximum Gasteiger partial charge on any atom is 0.325 e. The number of hydrogen-bond acceptors (Lipinski definition) is 4. The van der Waals surface area contributed by atoms with Gasteiger partial charge in [0.1, 0.15) is 0 Å². The molecule has 0 heterocycles. The SMILES string of the molecule is CCCCCCC[Si](C)(CO)O[Si](C)(C)O[Si](C)(CCCCCCC)OC. The van der Waals surface area contributed by atoms with Crippen molar-refractivity contribution in [2.24, 2.45) is 0 Å². The van der Waals surface area contributed by atoms with Gasteiger partial charge in [-0.25, -0.2) is 0 Å². The Balaban J connectivity index is 4.59. The van der Waals surface area contributed by atoms with Crippen LogP contribution in [-0.2, 0) is 12.7 Å². The lowest BCUT2D eigenvalue weighted by molar-refractivity contribution is 0.260. The highest BCUT2D eigenvalue weighted by atomic mass is 28.5. The van der Waals surface area contributed by atoms with Crippen molar-refractivity contribution >= 4 is 25.4 Å². The highest BCUT2D eigenvalue weighted by Gasteiger charge is 2.43. The molecular weight excluding hydrogens is 388 g/mol. The van der Waals surface area contributed by atoms with E-state index < -0.39 is 25.4 Å². The fourth-order valence-corrected chi connectivity index (χ4v) is 16.8. The van der Waals surface area contributed by atoms with Crippen LogP contribution < -0.4 is 0 Å². The number of hydrogen-bond donors (Lipinski definition) is 1. The van der Waals surface area contributed by atoms with Crippen LogP contribution in [0.3, 0.4) is 0 Å². The molecule has 1 N–H and O–H groups in total. The average molecular weight is 437 g/mol. The highest BCUT2D eigenvalue weighted by Crippen LogP contribution is 2.27. The maximum atomic E-state index is 10.0. The monoisotopic (exact) mass is 436 g/mol. The summed E-state index contributed by atoms with van der Waals surface area (Å²) in [7, 11) is -4.86. The van der Waals surface area contributed by atoms with E-state index in [1.807, 2.05) is 0 Å². The van der Waals surface area contributed by atoms with E-state index in [4.69, 9.17) is 12.7 Å². The van der Waals surface area contributed by atoms with E-state index in [0.717, 1.165) is 18.5 Å². The molecule has 0 spiro atoms. The Morgan fingerprint density at radius 3 is 1.59 bits per heavy atom. The second-order valence-electron chi connectivity index (χ2n) is 8.88. The molecule has 7 heteroatoms. The lowest BCUT2D eigenvalue weighted by Crippen LogP contribution is -2.56. The predicted octanol–water partition coefficient (Wildman–Crippen LogP) is 6.49. The molecule has 2 atom stereocenters. The van der Waals surface area contributed by atoms with Gasteiger partial charge in [-0.15, -0.1) is 0 Å². The van der Waals surface area contributed by atoms with Gasteiger partial charge in [0.2, 0.25) is 8.32 Å². The van der Waals surface area contributed by atoms with Gasteiger partial charge in [0.15, 0.2) is 0 Å². The number of rotatable bonds is 18. The van der Waals surface area contributed by atoms with Crippen molar-refractivity contribution in [1.82, 2.24) is 0 Å². The van der Waals surface area contributed by atoms with Gasteiger partial charge in [0, 0.05) is 7.11 Å².